The fourth-order valence-electron chi connectivity index (χ4n) is 3.94. The smallest absolute Gasteiger partial charge is 0.331 e. The Morgan fingerprint density at radius 3 is 2.12 bits per heavy atom. The molecule has 1 aromatic heterocycles. The van der Waals surface area contributed by atoms with Crippen LogP contribution in [0.25, 0.3) is 0 Å². The van der Waals surface area contributed by atoms with E-state index in [9.17, 15) is 14.7 Å². The van der Waals surface area contributed by atoms with E-state index in [0.717, 1.165) is 19.3 Å². The van der Waals surface area contributed by atoms with Crippen molar-refractivity contribution in [3.8, 4) is 5.88 Å². The Bertz CT molecular complexity index is 1110. The molecule has 2 N–H and O–H groups in total. The Morgan fingerprint density at radius 1 is 1.00 bits per heavy atom. The number of aromatic nitrogens is 2. The van der Waals surface area contributed by atoms with Gasteiger partial charge in [-0.3, -0.25) is 19.3 Å². The summed E-state index contributed by atoms with van der Waals surface area (Å²) in [7, 11) is 0. The zero-order valence-corrected chi connectivity index (χ0v) is 18.8. The van der Waals surface area contributed by atoms with Crippen molar-refractivity contribution in [3.05, 3.63) is 98.2 Å². The molecule has 32 heavy (non-hydrogen) atoms. The summed E-state index contributed by atoms with van der Waals surface area (Å²) in [5.74, 6) is -0.125. The van der Waals surface area contributed by atoms with Gasteiger partial charge in [0.2, 0.25) is 5.88 Å². The highest BCUT2D eigenvalue weighted by molar-refractivity contribution is 6.01. The van der Waals surface area contributed by atoms with Gasteiger partial charge in [0.15, 0.2) is 0 Å². The second kappa shape index (κ2) is 11.3. The number of aromatic amines is 1. The van der Waals surface area contributed by atoms with Crippen LogP contribution in [0.3, 0.4) is 0 Å². The normalized spacial score (nSPS) is 11.8. The highest BCUT2D eigenvalue weighted by Gasteiger charge is 2.19. The van der Waals surface area contributed by atoms with Crippen LogP contribution in [0.2, 0.25) is 0 Å². The van der Waals surface area contributed by atoms with E-state index in [1.807, 2.05) is 50.2 Å². The standard InChI is InChI=1S/C26H31N3O3/c1-3-5-18-29-25(31)23(24(30)28-26(29)32)22(4-2)27-17-16-21(19-12-8-6-9-13-19)20-14-10-7-11-15-20/h6-15,21,31H,3-5,16-18H2,1-2H3,(H,28,30,32). The van der Waals surface area contributed by atoms with Gasteiger partial charge in [0.1, 0.15) is 5.56 Å². The first-order valence-corrected chi connectivity index (χ1v) is 11.3. The predicted octanol–water partition coefficient (Wildman–Crippen LogP) is 4.46. The van der Waals surface area contributed by atoms with Crippen molar-refractivity contribution in [1.82, 2.24) is 9.55 Å². The number of aliphatic imine (C=N–C) groups is 1. The summed E-state index contributed by atoms with van der Waals surface area (Å²) in [6.45, 7) is 4.74. The van der Waals surface area contributed by atoms with Crippen molar-refractivity contribution in [2.45, 2.75) is 52.0 Å². The van der Waals surface area contributed by atoms with Crippen molar-refractivity contribution in [2.75, 3.05) is 6.54 Å². The lowest BCUT2D eigenvalue weighted by Gasteiger charge is -2.17. The minimum absolute atomic E-state index is 0.0965. The number of nitrogens with zero attached hydrogens (tertiary/aromatic N) is 2. The molecule has 0 amide bonds. The van der Waals surface area contributed by atoms with E-state index in [2.05, 4.69) is 29.2 Å². The first-order valence-electron chi connectivity index (χ1n) is 11.3. The summed E-state index contributed by atoms with van der Waals surface area (Å²) in [6.07, 6.45) is 2.83. The van der Waals surface area contributed by atoms with E-state index in [4.69, 9.17) is 4.99 Å². The Kier molecular flexibility index (Phi) is 8.20. The number of benzene rings is 2. The Hall–Kier alpha value is -3.41. The van der Waals surface area contributed by atoms with Gasteiger partial charge in [0, 0.05) is 19.0 Å². The van der Waals surface area contributed by atoms with E-state index >= 15 is 0 Å². The number of unbranched alkanes of at least 4 members (excludes halogenated alkanes) is 1. The predicted molar refractivity (Wildman–Crippen MR) is 129 cm³/mol. The molecule has 0 saturated heterocycles. The molecule has 6 heteroatoms. The third-order valence-electron chi connectivity index (χ3n) is 5.66. The lowest BCUT2D eigenvalue weighted by Crippen LogP contribution is -2.34. The SMILES string of the molecule is CCCCn1c(O)c(C(CC)=NCCC(c2ccccc2)c2ccccc2)c(=O)[nH]c1=O. The van der Waals surface area contributed by atoms with Crippen molar-refractivity contribution in [3.63, 3.8) is 0 Å². The molecule has 168 valence electrons. The zero-order chi connectivity index (χ0) is 22.9. The number of nitrogens with one attached hydrogen (secondary N) is 1. The molecule has 2 aromatic carbocycles. The zero-order valence-electron chi connectivity index (χ0n) is 18.8. The fraction of sp³-hybridized carbons (Fsp3) is 0.346. The van der Waals surface area contributed by atoms with Gasteiger partial charge in [-0.15, -0.1) is 0 Å². The molecule has 0 aliphatic heterocycles. The second-order valence-electron chi connectivity index (χ2n) is 7.81. The van der Waals surface area contributed by atoms with Crippen LogP contribution in [0.15, 0.2) is 75.2 Å². The quantitative estimate of drug-likeness (QED) is 0.463. The molecule has 0 fully saturated rings. The van der Waals surface area contributed by atoms with Crippen molar-refractivity contribution in [1.29, 1.82) is 0 Å². The molecule has 0 radical (unpaired) electrons. The largest absolute Gasteiger partial charge is 0.494 e. The summed E-state index contributed by atoms with van der Waals surface area (Å²) in [4.78, 5) is 31.7. The number of aromatic hydroxyl groups is 1. The molecular formula is C26H31N3O3. The number of hydrogen-bond donors (Lipinski definition) is 2. The van der Waals surface area contributed by atoms with E-state index in [0.29, 0.717) is 25.2 Å². The first kappa shape index (κ1) is 23.3. The van der Waals surface area contributed by atoms with Crippen LogP contribution in [0.1, 0.15) is 62.1 Å². The minimum atomic E-state index is -0.594. The summed E-state index contributed by atoms with van der Waals surface area (Å²) in [6, 6.07) is 20.6. The van der Waals surface area contributed by atoms with Gasteiger partial charge in [-0.1, -0.05) is 80.9 Å². The molecule has 1 heterocycles. The number of hydrogen-bond acceptors (Lipinski definition) is 4. The number of rotatable bonds is 10. The summed E-state index contributed by atoms with van der Waals surface area (Å²) >= 11 is 0. The van der Waals surface area contributed by atoms with Gasteiger partial charge < -0.3 is 5.11 Å². The summed E-state index contributed by atoms with van der Waals surface area (Å²) in [5, 5.41) is 10.7. The topological polar surface area (TPSA) is 87.4 Å². The molecule has 0 bridgehead atoms. The third kappa shape index (κ3) is 5.44. The van der Waals surface area contributed by atoms with Gasteiger partial charge >= 0.3 is 5.69 Å². The number of H-pyrrole nitrogens is 1. The van der Waals surface area contributed by atoms with Crippen molar-refractivity contribution < 1.29 is 5.11 Å². The third-order valence-corrected chi connectivity index (χ3v) is 5.66. The van der Waals surface area contributed by atoms with Gasteiger partial charge in [-0.05, 0) is 30.4 Å². The van der Waals surface area contributed by atoms with Crippen LogP contribution in [0.4, 0.5) is 0 Å². The average molecular weight is 434 g/mol. The Balaban J connectivity index is 1.90. The van der Waals surface area contributed by atoms with Gasteiger partial charge in [0.05, 0.1) is 5.71 Å². The lowest BCUT2D eigenvalue weighted by molar-refractivity contribution is 0.394. The van der Waals surface area contributed by atoms with Crippen LogP contribution in [0, 0.1) is 0 Å². The maximum absolute atomic E-state index is 12.5. The van der Waals surface area contributed by atoms with Crippen molar-refractivity contribution in [2.24, 2.45) is 4.99 Å². The Morgan fingerprint density at radius 2 is 1.59 bits per heavy atom. The van der Waals surface area contributed by atoms with Crippen LogP contribution in [-0.2, 0) is 6.54 Å². The summed E-state index contributed by atoms with van der Waals surface area (Å²) < 4.78 is 1.22. The van der Waals surface area contributed by atoms with E-state index in [1.54, 1.807) is 0 Å². The molecule has 0 atom stereocenters. The molecule has 0 aliphatic rings. The van der Waals surface area contributed by atoms with E-state index < -0.39 is 11.2 Å². The van der Waals surface area contributed by atoms with E-state index in [-0.39, 0.29) is 17.4 Å². The maximum Gasteiger partial charge on any atom is 0.331 e. The lowest BCUT2D eigenvalue weighted by atomic mass is 9.88. The highest BCUT2D eigenvalue weighted by atomic mass is 16.3. The average Bonchev–Trinajstić information content (AvgIpc) is 2.81. The highest BCUT2D eigenvalue weighted by Crippen LogP contribution is 2.28. The molecule has 3 aromatic rings. The molecule has 0 unspecified atom stereocenters. The summed E-state index contributed by atoms with van der Waals surface area (Å²) in [5.41, 5.74) is 1.84. The molecule has 0 aliphatic carbocycles. The minimum Gasteiger partial charge on any atom is -0.494 e. The molecular weight excluding hydrogens is 402 g/mol. The van der Waals surface area contributed by atoms with Crippen LogP contribution in [-0.4, -0.2) is 26.9 Å². The van der Waals surface area contributed by atoms with Gasteiger partial charge in [0.25, 0.3) is 5.56 Å². The van der Waals surface area contributed by atoms with Crippen LogP contribution >= 0.6 is 0 Å². The molecule has 6 nitrogen and oxygen atoms in total. The van der Waals surface area contributed by atoms with Gasteiger partial charge in [-0.25, -0.2) is 4.79 Å². The fourth-order valence-corrected chi connectivity index (χ4v) is 3.94. The monoisotopic (exact) mass is 433 g/mol. The molecule has 0 saturated carbocycles. The first-order chi connectivity index (χ1) is 15.6. The van der Waals surface area contributed by atoms with Crippen LogP contribution < -0.4 is 11.2 Å². The molecule has 0 spiro atoms. The second-order valence-corrected chi connectivity index (χ2v) is 7.81. The van der Waals surface area contributed by atoms with Crippen molar-refractivity contribution >= 4 is 5.71 Å². The molecule has 3 rings (SSSR count). The van der Waals surface area contributed by atoms with Gasteiger partial charge in [-0.2, -0.15) is 0 Å². The Labute approximate surface area is 188 Å². The van der Waals surface area contributed by atoms with Crippen LogP contribution in [0.5, 0.6) is 5.88 Å². The maximum atomic E-state index is 12.5. The van der Waals surface area contributed by atoms with E-state index in [1.165, 1.54) is 15.7 Å².